The van der Waals surface area contributed by atoms with Crippen LogP contribution in [0.2, 0.25) is 0 Å². The normalized spacial score (nSPS) is 35.5. The molecule has 1 saturated carbocycles. The van der Waals surface area contributed by atoms with E-state index in [2.05, 4.69) is 22.0 Å². The highest BCUT2D eigenvalue weighted by Gasteiger charge is 2.27. The van der Waals surface area contributed by atoms with E-state index in [1.807, 2.05) is 0 Å². The van der Waals surface area contributed by atoms with Crippen molar-refractivity contribution in [2.24, 2.45) is 11.8 Å². The van der Waals surface area contributed by atoms with E-state index in [4.69, 9.17) is 5.26 Å². The van der Waals surface area contributed by atoms with Gasteiger partial charge in [0.25, 0.3) is 0 Å². The number of rotatable bonds is 1. The average molecular weight is 174 g/mol. The van der Waals surface area contributed by atoms with Crippen molar-refractivity contribution in [1.82, 2.24) is 0 Å². The summed E-state index contributed by atoms with van der Waals surface area (Å²) in [5, 5.41) is 9.41. The van der Waals surface area contributed by atoms with Gasteiger partial charge in [0, 0.05) is 11.2 Å². The lowest BCUT2D eigenvalue weighted by Gasteiger charge is -2.28. The third kappa shape index (κ3) is 1.03. The lowest BCUT2D eigenvalue weighted by molar-refractivity contribution is 0.277. The summed E-state index contributed by atoms with van der Waals surface area (Å²) in [6.45, 7) is 0. The molecule has 1 aliphatic rings. The molecule has 0 unspecified atom stereocenters. The largest absolute Gasteiger partial charge is 0.198 e. The zero-order chi connectivity index (χ0) is 5.98. The predicted octanol–water partition coefficient (Wildman–Crippen LogP) is 1.93. The maximum absolute atomic E-state index is 8.33. The van der Waals surface area contributed by atoms with Gasteiger partial charge in [-0.15, -0.1) is 0 Å². The highest BCUT2D eigenvalue weighted by molar-refractivity contribution is 9.09. The lowest BCUT2D eigenvalue weighted by Crippen LogP contribution is -2.22. The van der Waals surface area contributed by atoms with Crippen molar-refractivity contribution in [3.8, 4) is 6.07 Å². The Morgan fingerprint density at radius 2 is 2.25 bits per heavy atom. The summed E-state index contributed by atoms with van der Waals surface area (Å²) in [4.78, 5) is 0. The first kappa shape index (κ1) is 6.10. The number of alkyl halides is 1. The van der Waals surface area contributed by atoms with Gasteiger partial charge >= 0.3 is 0 Å². The monoisotopic (exact) mass is 173 g/mol. The van der Waals surface area contributed by atoms with Gasteiger partial charge in [-0.25, -0.2) is 0 Å². The van der Waals surface area contributed by atoms with Crippen molar-refractivity contribution >= 4 is 15.9 Å². The third-order valence-electron chi connectivity index (χ3n) is 1.64. The zero-order valence-electron chi connectivity index (χ0n) is 4.60. The molecule has 0 aromatic carbocycles. The van der Waals surface area contributed by atoms with Gasteiger partial charge in [0.2, 0.25) is 0 Å². The van der Waals surface area contributed by atoms with Crippen LogP contribution in [0.1, 0.15) is 12.8 Å². The van der Waals surface area contributed by atoms with Gasteiger partial charge in [-0.05, 0) is 18.8 Å². The summed E-state index contributed by atoms with van der Waals surface area (Å²) in [7, 11) is 0. The van der Waals surface area contributed by atoms with Crippen LogP contribution in [0, 0.1) is 23.2 Å². The first-order valence-corrected chi connectivity index (χ1v) is 3.94. The fraction of sp³-hybridized carbons (Fsp3) is 0.833. The molecule has 0 aliphatic heterocycles. The van der Waals surface area contributed by atoms with Crippen molar-refractivity contribution in [1.29, 1.82) is 5.26 Å². The average Bonchev–Trinajstić information content (AvgIpc) is 1.65. The van der Waals surface area contributed by atoms with Crippen LogP contribution in [0.3, 0.4) is 0 Å². The minimum Gasteiger partial charge on any atom is -0.198 e. The van der Waals surface area contributed by atoms with Crippen LogP contribution in [0.4, 0.5) is 0 Å². The predicted molar refractivity (Wildman–Crippen MR) is 35.6 cm³/mol. The molecule has 0 radical (unpaired) electrons. The number of nitriles is 1. The van der Waals surface area contributed by atoms with E-state index >= 15 is 0 Å². The van der Waals surface area contributed by atoms with Gasteiger partial charge in [-0.3, -0.25) is 0 Å². The Balaban J connectivity index is 2.14. The molecule has 0 heterocycles. The van der Waals surface area contributed by atoms with Gasteiger partial charge in [0.1, 0.15) is 0 Å². The van der Waals surface area contributed by atoms with Crippen molar-refractivity contribution in [2.45, 2.75) is 12.8 Å². The summed E-state index contributed by atoms with van der Waals surface area (Å²) < 4.78 is 0. The maximum Gasteiger partial charge on any atom is 0.0656 e. The Morgan fingerprint density at radius 3 is 2.62 bits per heavy atom. The van der Waals surface area contributed by atoms with E-state index in [9.17, 15) is 0 Å². The molecule has 1 fully saturated rings. The van der Waals surface area contributed by atoms with Gasteiger partial charge in [-0.2, -0.15) is 5.26 Å². The van der Waals surface area contributed by atoms with Crippen molar-refractivity contribution in [3.05, 3.63) is 0 Å². The van der Waals surface area contributed by atoms with Crippen LogP contribution in [0.15, 0.2) is 0 Å². The van der Waals surface area contributed by atoms with E-state index in [1.54, 1.807) is 0 Å². The second-order valence-electron chi connectivity index (χ2n) is 2.32. The number of halogens is 1. The molecule has 44 valence electrons. The Kier molecular flexibility index (Phi) is 1.90. The molecule has 0 amide bonds. The van der Waals surface area contributed by atoms with Gasteiger partial charge in [0.15, 0.2) is 0 Å². The number of hydrogen-bond donors (Lipinski definition) is 0. The molecule has 1 nitrogen and oxygen atoms in total. The van der Waals surface area contributed by atoms with E-state index in [1.165, 1.54) is 0 Å². The minimum atomic E-state index is 0.373. The molecular formula is C6H8BrN. The molecule has 0 aromatic rings. The van der Waals surface area contributed by atoms with Crippen LogP contribution >= 0.6 is 15.9 Å². The topological polar surface area (TPSA) is 23.8 Å². The van der Waals surface area contributed by atoms with Crippen LogP contribution in [-0.4, -0.2) is 5.33 Å². The summed E-state index contributed by atoms with van der Waals surface area (Å²) in [6, 6.07) is 2.24. The highest BCUT2D eigenvalue weighted by atomic mass is 79.9. The van der Waals surface area contributed by atoms with Gasteiger partial charge in [-0.1, -0.05) is 15.9 Å². The minimum absolute atomic E-state index is 0.373. The fourth-order valence-corrected chi connectivity index (χ4v) is 1.50. The quantitative estimate of drug-likeness (QED) is 0.557. The first-order valence-electron chi connectivity index (χ1n) is 2.82. The van der Waals surface area contributed by atoms with Crippen molar-refractivity contribution < 1.29 is 0 Å². The van der Waals surface area contributed by atoms with Crippen molar-refractivity contribution in [3.63, 3.8) is 0 Å². The third-order valence-corrected chi connectivity index (χ3v) is 2.55. The van der Waals surface area contributed by atoms with Crippen LogP contribution < -0.4 is 0 Å². The molecule has 0 N–H and O–H groups in total. The Morgan fingerprint density at radius 1 is 1.62 bits per heavy atom. The van der Waals surface area contributed by atoms with Crippen LogP contribution in [-0.2, 0) is 0 Å². The molecule has 0 aromatic heterocycles. The van der Waals surface area contributed by atoms with Gasteiger partial charge < -0.3 is 0 Å². The Bertz CT molecular complexity index is 110. The lowest BCUT2D eigenvalue weighted by atomic mass is 9.77. The molecule has 2 heteroatoms. The molecule has 0 spiro atoms. The molecule has 0 atom stereocenters. The summed E-state index contributed by atoms with van der Waals surface area (Å²) in [6.07, 6.45) is 2.23. The Hall–Kier alpha value is -0.0300. The standard InChI is InChI=1S/C6H8BrN/c7-3-5-1-6(2-5)4-8/h5-6H,1-3H2. The molecule has 0 bridgehead atoms. The SMILES string of the molecule is N#CC1CC(CBr)C1. The number of nitrogens with zero attached hydrogens (tertiary/aromatic N) is 1. The Labute approximate surface area is 57.8 Å². The molecule has 0 saturated heterocycles. The summed E-state index contributed by atoms with van der Waals surface area (Å²) in [5.41, 5.74) is 0. The first-order chi connectivity index (χ1) is 3.86. The molecule has 8 heavy (non-hydrogen) atoms. The highest BCUT2D eigenvalue weighted by Crippen LogP contribution is 2.33. The second kappa shape index (κ2) is 2.50. The van der Waals surface area contributed by atoms with E-state index in [0.717, 1.165) is 24.1 Å². The smallest absolute Gasteiger partial charge is 0.0656 e. The second-order valence-corrected chi connectivity index (χ2v) is 2.97. The zero-order valence-corrected chi connectivity index (χ0v) is 6.19. The van der Waals surface area contributed by atoms with E-state index in [-0.39, 0.29) is 0 Å². The van der Waals surface area contributed by atoms with E-state index in [0.29, 0.717) is 5.92 Å². The van der Waals surface area contributed by atoms with Crippen molar-refractivity contribution in [2.75, 3.05) is 5.33 Å². The maximum atomic E-state index is 8.33. The summed E-state index contributed by atoms with van der Waals surface area (Å²) >= 11 is 3.37. The fourth-order valence-electron chi connectivity index (χ4n) is 0.967. The molecule has 1 rings (SSSR count). The van der Waals surface area contributed by atoms with Crippen LogP contribution in [0.25, 0.3) is 0 Å². The number of hydrogen-bond acceptors (Lipinski definition) is 1. The van der Waals surface area contributed by atoms with Gasteiger partial charge in [0.05, 0.1) is 6.07 Å². The molecule has 1 aliphatic carbocycles. The van der Waals surface area contributed by atoms with E-state index < -0.39 is 0 Å². The summed E-state index contributed by atoms with van der Waals surface area (Å²) in [5.74, 6) is 1.16. The van der Waals surface area contributed by atoms with Crippen LogP contribution in [0.5, 0.6) is 0 Å². The molecular weight excluding hydrogens is 166 g/mol.